The maximum absolute atomic E-state index is 12.6. The lowest BCUT2D eigenvalue weighted by Crippen LogP contribution is -2.47. The Balaban J connectivity index is 1.69. The number of hydrogen-bond acceptors (Lipinski definition) is 4. The lowest BCUT2D eigenvalue weighted by atomic mass is 10.1. The van der Waals surface area contributed by atoms with Crippen LogP contribution in [0.15, 0.2) is 45.5 Å². The molecule has 126 valence electrons. The minimum absolute atomic E-state index is 0.0139. The Morgan fingerprint density at radius 3 is 2.54 bits per heavy atom. The van der Waals surface area contributed by atoms with Gasteiger partial charge in [0.1, 0.15) is 0 Å². The van der Waals surface area contributed by atoms with Crippen LogP contribution in [0.4, 0.5) is 5.69 Å². The third-order valence-corrected chi connectivity index (χ3v) is 4.38. The second-order valence-electron chi connectivity index (χ2n) is 5.73. The molecule has 2 heterocycles. The molecule has 1 aliphatic heterocycles. The zero-order valence-electron chi connectivity index (χ0n) is 13.3. The van der Waals surface area contributed by atoms with Gasteiger partial charge < -0.3 is 19.5 Å². The van der Waals surface area contributed by atoms with Gasteiger partial charge >= 0.3 is 0 Å². The van der Waals surface area contributed by atoms with E-state index in [1.807, 2.05) is 11.9 Å². The molecule has 0 saturated carbocycles. The Labute approximate surface area is 148 Å². The third kappa shape index (κ3) is 3.85. The molecule has 0 atom stereocenters. The highest BCUT2D eigenvalue weighted by Crippen LogP contribution is 2.18. The molecule has 1 aromatic heterocycles. The Hall–Kier alpha value is -2.12. The zero-order valence-corrected chi connectivity index (χ0v) is 14.9. The van der Waals surface area contributed by atoms with Gasteiger partial charge in [0.05, 0.1) is 0 Å². The van der Waals surface area contributed by atoms with Gasteiger partial charge in [0.2, 0.25) is 0 Å². The van der Waals surface area contributed by atoms with Gasteiger partial charge in [-0.25, -0.2) is 0 Å². The maximum atomic E-state index is 12.6. The van der Waals surface area contributed by atoms with Crippen molar-refractivity contribution in [1.29, 1.82) is 0 Å². The van der Waals surface area contributed by atoms with E-state index < -0.39 is 0 Å². The zero-order chi connectivity index (χ0) is 17.1. The van der Waals surface area contributed by atoms with Gasteiger partial charge in [-0.3, -0.25) is 9.59 Å². The quantitative estimate of drug-likeness (QED) is 0.873. The first kappa shape index (κ1) is 16.7. The molecule has 0 bridgehead atoms. The van der Waals surface area contributed by atoms with Crippen molar-refractivity contribution in [3.63, 3.8) is 0 Å². The normalized spacial score (nSPS) is 15.3. The van der Waals surface area contributed by atoms with Crippen molar-refractivity contribution in [3.05, 3.63) is 52.4 Å². The molecular formula is C17H18BrN3O3. The van der Waals surface area contributed by atoms with Crippen molar-refractivity contribution in [2.45, 2.75) is 0 Å². The van der Waals surface area contributed by atoms with Gasteiger partial charge in [-0.1, -0.05) is 6.07 Å². The first-order valence-electron chi connectivity index (χ1n) is 7.67. The summed E-state index contributed by atoms with van der Waals surface area (Å²) in [6, 6.07) is 10.2. The van der Waals surface area contributed by atoms with E-state index in [-0.39, 0.29) is 17.6 Å². The number of furan rings is 1. The van der Waals surface area contributed by atoms with Crippen molar-refractivity contribution in [3.8, 4) is 0 Å². The molecule has 1 N–H and O–H groups in total. The number of nitrogens with zero attached hydrogens (tertiary/aromatic N) is 2. The van der Waals surface area contributed by atoms with E-state index in [9.17, 15) is 9.59 Å². The lowest BCUT2D eigenvalue weighted by molar-refractivity contribution is 0.0664. The fraction of sp³-hybridized carbons (Fsp3) is 0.294. The molecule has 0 unspecified atom stereocenters. The predicted octanol–water partition coefficient (Wildman–Crippen LogP) is 2.68. The van der Waals surface area contributed by atoms with E-state index in [4.69, 9.17) is 4.42 Å². The molecule has 2 amide bonds. The number of hydrogen-bond donors (Lipinski definition) is 1. The number of halogens is 1. The van der Waals surface area contributed by atoms with E-state index in [1.165, 1.54) is 0 Å². The van der Waals surface area contributed by atoms with Crippen molar-refractivity contribution in [2.24, 2.45) is 0 Å². The standard InChI is InChI=1S/C17H18BrN3O3/c1-20-7-9-21(10-8-20)17(23)12-3-2-4-13(11-12)19-16(22)14-5-6-15(18)24-14/h2-6,11H,7-10H2,1H3,(H,19,22). The predicted molar refractivity (Wildman–Crippen MR) is 94.2 cm³/mol. The highest BCUT2D eigenvalue weighted by molar-refractivity contribution is 9.10. The SMILES string of the molecule is CN1CCN(C(=O)c2cccc(NC(=O)c3ccc(Br)o3)c2)CC1. The molecule has 6 nitrogen and oxygen atoms in total. The average molecular weight is 392 g/mol. The summed E-state index contributed by atoms with van der Waals surface area (Å²) in [5.41, 5.74) is 1.13. The van der Waals surface area contributed by atoms with Crippen LogP contribution in [0.5, 0.6) is 0 Å². The summed E-state index contributed by atoms with van der Waals surface area (Å²) in [5, 5.41) is 2.74. The average Bonchev–Trinajstić information content (AvgIpc) is 3.02. The van der Waals surface area contributed by atoms with Crippen LogP contribution in [-0.4, -0.2) is 54.8 Å². The van der Waals surface area contributed by atoms with E-state index in [0.29, 0.717) is 29.0 Å². The van der Waals surface area contributed by atoms with Crippen LogP contribution in [0.25, 0.3) is 0 Å². The van der Waals surface area contributed by atoms with Gasteiger partial charge in [-0.05, 0) is 53.3 Å². The summed E-state index contributed by atoms with van der Waals surface area (Å²) in [4.78, 5) is 28.7. The number of carbonyl (C=O) groups excluding carboxylic acids is 2. The fourth-order valence-corrected chi connectivity index (χ4v) is 2.86. The van der Waals surface area contributed by atoms with Crippen LogP contribution in [0.1, 0.15) is 20.9 Å². The maximum Gasteiger partial charge on any atom is 0.291 e. The molecule has 1 aliphatic rings. The number of nitrogens with one attached hydrogen (secondary N) is 1. The largest absolute Gasteiger partial charge is 0.444 e. The van der Waals surface area contributed by atoms with Gasteiger partial charge in [0.25, 0.3) is 11.8 Å². The summed E-state index contributed by atoms with van der Waals surface area (Å²) in [6.07, 6.45) is 0. The van der Waals surface area contributed by atoms with Crippen molar-refractivity contribution < 1.29 is 14.0 Å². The topological polar surface area (TPSA) is 65.8 Å². The summed E-state index contributed by atoms with van der Waals surface area (Å²) in [7, 11) is 2.05. The molecule has 0 spiro atoms. The summed E-state index contributed by atoms with van der Waals surface area (Å²) < 4.78 is 5.72. The van der Waals surface area contributed by atoms with Crippen LogP contribution in [0, 0.1) is 0 Å². The van der Waals surface area contributed by atoms with E-state index in [0.717, 1.165) is 13.1 Å². The molecule has 0 radical (unpaired) electrons. The number of rotatable bonds is 3. The molecule has 0 aliphatic carbocycles. The van der Waals surface area contributed by atoms with Crippen molar-refractivity contribution >= 4 is 33.4 Å². The van der Waals surface area contributed by atoms with Gasteiger partial charge in [0, 0.05) is 37.4 Å². The van der Waals surface area contributed by atoms with Crippen molar-refractivity contribution in [2.75, 3.05) is 38.5 Å². The summed E-state index contributed by atoms with van der Waals surface area (Å²) >= 11 is 3.16. The number of likely N-dealkylation sites (N-methyl/N-ethyl adjacent to an activating group) is 1. The highest BCUT2D eigenvalue weighted by atomic mass is 79.9. The number of piperazine rings is 1. The van der Waals surface area contributed by atoms with Crippen LogP contribution >= 0.6 is 15.9 Å². The van der Waals surface area contributed by atoms with Crippen LogP contribution in [0.3, 0.4) is 0 Å². The first-order valence-corrected chi connectivity index (χ1v) is 8.47. The van der Waals surface area contributed by atoms with E-state index in [1.54, 1.807) is 36.4 Å². The van der Waals surface area contributed by atoms with Gasteiger partial charge in [-0.15, -0.1) is 0 Å². The molecule has 7 heteroatoms. The second-order valence-corrected chi connectivity index (χ2v) is 6.52. The summed E-state index contributed by atoms with van der Waals surface area (Å²) in [6.45, 7) is 3.17. The Morgan fingerprint density at radius 2 is 1.88 bits per heavy atom. The Kier molecular flexibility index (Phi) is 5.01. The van der Waals surface area contributed by atoms with Gasteiger partial charge in [-0.2, -0.15) is 0 Å². The molecule has 2 aromatic rings. The Morgan fingerprint density at radius 1 is 1.12 bits per heavy atom. The second kappa shape index (κ2) is 7.19. The first-order chi connectivity index (χ1) is 11.5. The van der Waals surface area contributed by atoms with Gasteiger partial charge in [0.15, 0.2) is 10.4 Å². The van der Waals surface area contributed by atoms with Crippen LogP contribution in [-0.2, 0) is 0 Å². The molecular weight excluding hydrogens is 374 g/mol. The molecule has 1 aromatic carbocycles. The Bertz CT molecular complexity index is 751. The minimum atomic E-state index is -0.357. The van der Waals surface area contributed by atoms with Crippen LogP contribution < -0.4 is 5.32 Å². The number of benzene rings is 1. The highest BCUT2D eigenvalue weighted by Gasteiger charge is 2.20. The van der Waals surface area contributed by atoms with Crippen molar-refractivity contribution in [1.82, 2.24) is 9.80 Å². The number of carbonyl (C=O) groups is 2. The monoisotopic (exact) mass is 391 g/mol. The van der Waals surface area contributed by atoms with Crippen LogP contribution in [0.2, 0.25) is 0 Å². The number of anilines is 1. The van der Waals surface area contributed by atoms with E-state index in [2.05, 4.69) is 26.1 Å². The molecule has 1 fully saturated rings. The summed E-state index contributed by atoms with van der Waals surface area (Å²) in [5.74, 6) is -0.164. The molecule has 1 saturated heterocycles. The minimum Gasteiger partial charge on any atom is -0.444 e. The molecule has 24 heavy (non-hydrogen) atoms. The molecule has 3 rings (SSSR count). The lowest BCUT2D eigenvalue weighted by Gasteiger charge is -2.32. The smallest absolute Gasteiger partial charge is 0.291 e. The fourth-order valence-electron chi connectivity index (χ4n) is 2.55. The third-order valence-electron chi connectivity index (χ3n) is 3.95. The van der Waals surface area contributed by atoms with E-state index >= 15 is 0 Å². The number of amides is 2.